The van der Waals surface area contributed by atoms with Crippen molar-refractivity contribution in [2.24, 2.45) is 5.10 Å². The topological polar surface area (TPSA) is 65.4 Å². The summed E-state index contributed by atoms with van der Waals surface area (Å²) >= 11 is 0. The molecule has 2 aliphatic heterocycles. The van der Waals surface area contributed by atoms with E-state index < -0.39 is 6.23 Å². The average molecular weight is 417 g/mol. The third kappa shape index (κ3) is 3.22. The number of ether oxygens (including phenoxy) is 4. The van der Waals surface area contributed by atoms with E-state index in [0.717, 1.165) is 40.3 Å². The number of nitrogens with zero attached hydrogens (tertiary/aromatic N) is 3. The summed E-state index contributed by atoms with van der Waals surface area (Å²) in [6, 6.07) is 15.6. The summed E-state index contributed by atoms with van der Waals surface area (Å²) in [7, 11) is 4.94. The van der Waals surface area contributed by atoms with Crippen LogP contribution in [0.5, 0.6) is 23.0 Å². The van der Waals surface area contributed by atoms with E-state index in [2.05, 4.69) is 11.1 Å². The van der Waals surface area contributed by atoms with E-state index >= 15 is 0 Å². The highest BCUT2D eigenvalue weighted by molar-refractivity contribution is 6.01. The van der Waals surface area contributed by atoms with Crippen LogP contribution in [-0.2, 0) is 0 Å². The van der Waals surface area contributed by atoms with Crippen molar-refractivity contribution in [2.75, 3.05) is 21.3 Å². The molecular formula is C24H23N3O4. The molecule has 0 aliphatic carbocycles. The number of rotatable bonds is 5. The first-order valence-corrected chi connectivity index (χ1v) is 10.0. The Morgan fingerprint density at radius 1 is 0.935 bits per heavy atom. The smallest absolute Gasteiger partial charge is 0.217 e. The van der Waals surface area contributed by atoms with Gasteiger partial charge >= 0.3 is 0 Å². The van der Waals surface area contributed by atoms with Crippen LogP contribution in [0.15, 0.2) is 66.0 Å². The second-order valence-electron chi connectivity index (χ2n) is 7.35. The molecule has 2 aliphatic rings. The summed E-state index contributed by atoms with van der Waals surface area (Å²) < 4.78 is 23.2. The highest BCUT2D eigenvalue weighted by Crippen LogP contribution is 2.52. The molecule has 7 heteroatoms. The molecule has 0 spiro atoms. The maximum Gasteiger partial charge on any atom is 0.217 e. The van der Waals surface area contributed by atoms with Crippen molar-refractivity contribution >= 4 is 5.71 Å². The molecule has 0 saturated heterocycles. The van der Waals surface area contributed by atoms with E-state index in [1.165, 1.54) is 0 Å². The van der Waals surface area contributed by atoms with Crippen LogP contribution in [-0.4, -0.2) is 37.0 Å². The molecule has 2 aromatic carbocycles. The Morgan fingerprint density at radius 3 is 2.55 bits per heavy atom. The van der Waals surface area contributed by atoms with Gasteiger partial charge in [0, 0.05) is 29.9 Å². The van der Waals surface area contributed by atoms with Crippen LogP contribution in [0.25, 0.3) is 0 Å². The zero-order chi connectivity index (χ0) is 21.4. The van der Waals surface area contributed by atoms with Crippen molar-refractivity contribution < 1.29 is 18.9 Å². The monoisotopic (exact) mass is 417 g/mol. The predicted molar refractivity (Wildman–Crippen MR) is 116 cm³/mol. The van der Waals surface area contributed by atoms with Crippen molar-refractivity contribution in [2.45, 2.75) is 18.7 Å². The number of hydrogen-bond donors (Lipinski definition) is 0. The average Bonchev–Trinajstić information content (AvgIpc) is 3.29. The number of para-hydroxylation sites is 1. The minimum Gasteiger partial charge on any atom is -0.497 e. The standard InChI is InChI=1S/C24H23N3O4/c1-28-16-9-10-21(29-2)18(12-16)24-27-20(13-19(26-27)15-6-5-11-25-14-15)17-7-4-8-22(30-3)23(17)31-24/h4-12,14,20,24H,13H2,1-3H3/t20-,24+/m1/s1. The molecular weight excluding hydrogens is 394 g/mol. The van der Waals surface area contributed by atoms with Gasteiger partial charge in [0.15, 0.2) is 11.5 Å². The maximum atomic E-state index is 6.52. The van der Waals surface area contributed by atoms with Crippen LogP contribution in [0.1, 0.15) is 35.4 Å². The second-order valence-corrected chi connectivity index (χ2v) is 7.35. The van der Waals surface area contributed by atoms with Gasteiger partial charge in [-0.1, -0.05) is 18.2 Å². The van der Waals surface area contributed by atoms with Crippen LogP contribution in [0.4, 0.5) is 0 Å². The number of benzene rings is 2. The Kier molecular flexibility index (Phi) is 4.86. The molecule has 5 rings (SSSR count). The minimum atomic E-state index is -0.506. The molecule has 0 unspecified atom stereocenters. The van der Waals surface area contributed by atoms with Gasteiger partial charge < -0.3 is 18.9 Å². The van der Waals surface area contributed by atoms with Crippen LogP contribution in [0.2, 0.25) is 0 Å². The molecule has 0 saturated carbocycles. The van der Waals surface area contributed by atoms with E-state index in [0.29, 0.717) is 11.5 Å². The summed E-state index contributed by atoms with van der Waals surface area (Å²) in [5.41, 5.74) is 3.83. The summed E-state index contributed by atoms with van der Waals surface area (Å²) in [5, 5.41) is 6.97. The number of hydrogen-bond acceptors (Lipinski definition) is 7. The minimum absolute atomic E-state index is 0.00466. The van der Waals surface area contributed by atoms with Crippen molar-refractivity contribution in [1.29, 1.82) is 0 Å². The Labute approximate surface area is 180 Å². The fourth-order valence-corrected chi connectivity index (χ4v) is 4.19. The van der Waals surface area contributed by atoms with E-state index in [9.17, 15) is 0 Å². The zero-order valence-corrected chi connectivity index (χ0v) is 17.6. The van der Waals surface area contributed by atoms with Crippen LogP contribution in [0.3, 0.4) is 0 Å². The van der Waals surface area contributed by atoms with Gasteiger partial charge in [-0.25, -0.2) is 5.01 Å². The SMILES string of the molecule is COc1ccc(OC)c([C@@H]2Oc3c(OC)cccc3[C@H]3CC(c4cccnc4)=NN32)c1. The van der Waals surface area contributed by atoms with Crippen molar-refractivity contribution in [3.05, 3.63) is 77.6 Å². The largest absolute Gasteiger partial charge is 0.497 e. The summed E-state index contributed by atoms with van der Waals surface area (Å²) in [5.74, 6) is 2.84. The Morgan fingerprint density at radius 2 is 1.81 bits per heavy atom. The lowest BCUT2D eigenvalue weighted by Gasteiger charge is -2.39. The first-order valence-electron chi connectivity index (χ1n) is 10.0. The summed E-state index contributed by atoms with van der Waals surface area (Å²) in [4.78, 5) is 4.26. The molecule has 31 heavy (non-hydrogen) atoms. The van der Waals surface area contributed by atoms with Gasteiger partial charge in [-0.05, 0) is 30.3 Å². The molecule has 0 fully saturated rings. The Hall–Kier alpha value is -3.74. The van der Waals surface area contributed by atoms with Crippen LogP contribution >= 0.6 is 0 Å². The number of pyridine rings is 1. The van der Waals surface area contributed by atoms with Gasteiger partial charge in [0.25, 0.3) is 0 Å². The number of hydrazone groups is 1. The molecule has 0 bridgehead atoms. The van der Waals surface area contributed by atoms with Gasteiger partial charge in [-0.15, -0.1) is 0 Å². The van der Waals surface area contributed by atoms with Crippen LogP contribution in [0, 0.1) is 0 Å². The lowest BCUT2D eigenvalue weighted by molar-refractivity contribution is -0.0223. The zero-order valence-electron chi connectivity index (χ0n) is 17.6. The highest BCUT2D eigenvalue weighted by atomic mass is 16.5. The molecule has 1 aromatic heterocycles. The second kappa shape index (κ2) is 7.83. The highest BCUT2D eigenvalue weighted by Gasteiger charge is 2.43. The molecule has 0 amide bonds. The molecule has 7 nitrogen and oxygen atoms in total. The van der Waals surface area contributed by atoms with Gasteiger partial charge in [-0.3, -0.25) is 4.98 Å². The fraction of sp³-hybridized carbons (Fsp3) is 0.250. The van der Waals surface area contributed by atoms with Gasteiger partial charge in [0.2, 0.25) is 6.23 Å². The molecule has 0 N–H and O–H groups in total. The Bertz CT molecular complexity index is 1130. The molecule has 158 valence electrons. The van der Waals surface area contributed by atoms with Gasteiger partial charge in [0.05, 0.1) is 38.6 Å². The van der Waals surface area contributed by atoms with Crippen molar-refractivity contribution in [3.8, 4) is 23.0 Å². The number of fused-ring (bicyclic) bond motifs is 3. The lowest BCUT2D eigenvalue weighted by atomic mass is 9.96. The number of methoxy groups -OCH3 is 3. The van der Waals surface area contributed by atoms with Crippen LogP contribution < -0.4 is 18.9 Å². The van der Waals surface area contributed by atoms with E-state index in [1.807, 2.05) is 53.7 Å². The van der Waals surface area contributed by atoms with Crippen molar-refractivity contribution in [3.63, 3.8) is 0 Å². The first kappa shape index (κ1) is 19.2. The normalized spacial score (nSPS) is 19.1. The van der Waals surface area contributed by atoms with E-state index in [4.69, 9.17) is 24.0 Å². The predicted octanol–water partition coefficient (Wildman–Crippen LogP) is 4.35. The van der Waals surface area contributed by atoms with E-state index in [-0.39, 0.29) is 6.04 Å². The third-order valence-corrected chi connectivity index (χ3v) is 5.70. The lowest BCUT2D eigenvalue weighted by Crippen LogP contribution is -2.34. The molecule has 3 aromatic rings. The summed E-state index contributed by atoms with van der Waals surface area (Å²) in [6.45, 7) is 0. The van der Waals surface area contributed by atoms with Gasteiger partial charge in [0.1, 0.15) is 11.5 Å². The van der Waals surface area contributed by atoms with Gasteiger partial charge in [-0.2, -0.15) is 5.10 Å². The molecule has 0 radical (unpaired) electrons. The molecule has 3 heterocycles. The number of aromatic nitrogens is 1. The Balaban J connectivity index is 1.66. The van der Waals surface area contributed by atoms with Crippen molar-refractivity contribution in [1.82, 2.24) is 9.99 Å². The van der Waals surface area contributed by atoms with E-state index in [1.54, 1.807) is 27.5 Å². The quantitative estimate of drug-likeness (QED) is 0.615. The third-order valence-electron chi connectivity index (χ3n) is 5.70. The fourth-order valence-electron chi connectivity index (χ4n) is 4.19. The summed E-state index contributed by atoms with van der Waals surface area (Å²) in [6.07, 6.45) is 3.83. The maximum absolute atomic E-state index is 6.52. The molecule has 2 atom stereocenters. The first-order chi connectivity index (χ1) is 15.2.